The first-order chi connectivity index (χ1) is 10.3. The molecule has 1 fully saturated rings. The largest absolute Gasteiger partial charge is 0.489 e. The predicted molar refractivity (Wildman–Crippen MR) is 81.8 cm³/mol. The summed E-state index contributed by atoms with van der Waals surface area (Å²) in [5, 5.41) is 4.22. The summed E-state index contributed by atoms with van der Waals surface area (Å²) in [6.07, 6.45) is 5.43. The van der Waals surface area contributed by atoms with Gasteiger partial charge >= 0.3 is 0 Å². The first-order valence-corrected chi connectivity index (χ1v) is 7.56. The van der Waals surface area contributed by atoms with Crippen LogP contribution in [0.4, 0.5) is 0 Å². The Morgan fingerprint density at radius 3 is 2.76 bits per heavy atom. The molecular weight excluding hydrogens is 268 g/mol. The normalized spacial score (nSPS) is 15.6. The van der Waals surface area contributed by atoms with Gasteiger partial charge in [0.25, 0.3) is 0 Å². The molecule has 1 aliphatic heterocycles. The molecule has 0 N–H and O–H groups in total. The molecule has 6 heteroatoms. The van der Waals surface area contributed by atoms with Crippen molar-refractivity contribution >= 4 is 5.65 Å². The fourth-order valence-corrected chi connectivity index (χ4v) is 2.17. The van der Waals surface area contributed by atoms with E-state index in [0.717, 1.165) is 49.8 Å². The summed E-state index contributed by atoms with van der Waals surface area (Å²) in [6, 6.07) is 0. The summed E-state index contributed by atoms with van der Waals surface area (Å²) in [4.78, 5) is 6.69. The fourth-order valence-electron chi connectivity index (χ4n) is 2.17. The summed E-state index contributed by atoms with van der Waals surface area (Å²) in [6.45, 7) is 11.2. The highest BCUT2D eigenvalue weighted by Crippen LogP contribution is 2.12. The SMILES string of the molecule is CC.Cc1cnn2cc(OCCN3CCOCC3)cnc12. The molecule has 116 valence electrons. The van der Waals surface area contributed by atoms with Crippen LogP contribution in [0.3, 0.4) is 0 Å². The van der Waals surface area contributed by atoms with E-state index in [1.165, 1.54) is 0 Å². The van der Waals surface area contributed by atoms with Gasteiger partial charge in [0.15, 0.2) is 11.4 Å². The van der Waals surface area contributed by atoms with Crippen molar-refractivity contribution in [2.45, 2.75) is 20.8 Å². The topological polar surface area (TPSA) is 51.9 Å². The van der Waals surface area contributed by atoms with Gasteiger partial charge in [-0.05, 0) is 6.92 Å². The number of morpholine rings is 1. The van der Waals surface area contributed by atoms with E-state index in [2.05, 4.69) is 15.0 Å². The smallest absolute Gasteiger partial charge is 0.158 e. The van der Waals surface area contributed by atoms with Crippen molar-refractivity contribution in [2.75, 3.05) is 39.5 Å². The summed E-state index contributed by atoms with van der Waals surface area (Å²) in [5.41, 5.74) is 1.94. The highest BCUT2D eigenvalue weighted by atomic mass is 16.5. The van der Waals surface area contributed by atoms with Gasteiger partial charge < -0.3 is 9.47 Å². The standard InChI is InChI=1S/C13H18N4O2.C2H6/c1-11-8-15-17-10-12(9-14-13(11)17)19-7-4-16-2-5-18-6-3-16;1-2/h8-10H,2-7H2,1H3;1-2H3. The second kappa shape index (κ2) is 7.95. The van der Waals surface area contributed by atoms with E-state index in [0.29, 0.717) is 6.61 Å². The van der Waals surface area contributed by atoms with Gasteiger partial charge in [-0.1, -0.05) is 13.8 Å². The molecule has 2 aromatic heterocycles. The van der Waals surface area contributed by atoms with Crippen LogP contribution in [-0.2, 0) is 4.74 Å². The third-order valence-corrected chi connectivity index (χ3v) is 3.29. The van der Waals surface area contributed by atoms with Gasteiger partial charge in [0.05, 0.1) is 31.8 Å². The number of aromatic nitrogens is 3. The second-order valence-corrected chi connectivity index (χ2v) is 4.69. The van der Waals surface area contributed by atoms with Crippen molar-refractivity contribution in [3.05, 3.63) is 24.2 Å². The van der Waals surface area contributed by atoms with E-state index in [1.807, 2.05) is 27.0 Å². The molecule has 1 saturated heterocycles. The molecule has 6 nitrogen and oxygen atoms in total. The minimum Gasteiger partial charge on any atom is -0.489 e. The summed E-state index contributed by atoms with van der Waals surface area (Å²) in [5.74, 6) is 0.754. The zero-order chi connectivity index (χ0) is 15.1. The lowest BCUT2D eigenvalue weighted by atomic mass is 10.4. The molecule has 0 aliphatic carbocycles. The maximum Gasteiger partial charge on any atom is 0.158 e. The summed E-state index contributed by atoms with van der Waals surface area (Å²) in [7, 11) is 0. The van der Waals surface area contributed by atoms with Gasteiger partial charge in [-0.15, -0.1) is 0 Å². The van der Waals surface area contributed by atoms with Gasteiger partial charge in [0.2, 0.25) is 0 Å². The Kier molecular flexibility index (Phi) is 5.95. The molecule has 0 aromatic carbocycles. The van der Waals surface area contributed by atoms with Crippen LogP contribution in [0.2, 0.25) is 0 Å². The average molecular weight is 292 g/mol. The first-order valence-electron chi connectivity index (χ1n) is 7.56. The molecule has 0 unspecified atom stereocenters. The maximum atomic E-state index is 5.72. The van der Waals surface area contributed by atoms with Crippen LogP contribution in [0.1, 0.15) is 19.4 Å². The molecule has 3 rings (SSSR count). The first kappa shape index (κ1) is 15.7. The highest BCUT2D eigenvalue weighted by Gasteiger charge is 2.10. The van der Waals surface area contributed by atoms with E-state index < -0.39 is 0 Å². The van der Waals surface area contributed by atoms with Gasteiger partial charge in [-0.3, -0.25) is 4.90 Å². The summed E-state index contributed by atoms with van der Waals surface area (Å²) >= 11 is 0. The number of fused-ring (bicyclic) bond motifs is 1. The Bertz CT molecular complexity index is 550. The highest BCUT2D eigenvalue weighted by molar-refractivity contribution is 5.45. The maximum absolute atomic E-state index is 5.72. The minimum absolute atomic E-state index is 0.660. The van der Waals surface area contributed by atoms with Crippen LogP contribution in [-0.4, -0.2) is 59.0 Å². The Hall–Kier alpha value is -1.66. The summed E-state index contributed by atoms with van der Waals surface area (Å²) < 4.78 is 12.8. The molecule has 3 heterocycles. The molecular formula is C15H24N4O2. The van der Waals surface area contributed by atoms with Crippen molar-refractivity contribution in [1.29, 1.82) is 0 Å². The second-order valence-electron chi connectivity index (χ2n) is 4.69. The van der Waals surface area contributed by atoms with E-state index in [9.17, 15) is 0 Å². The van der Waals surface area contributed by atoms with Crippen molar-refractivity contribution in [3.8, 4) is 5.75 Å². The van der Waals surface area contributed by atoms with Crippen LogP contribution in [0.15, 0.2) is 18.6 Å². The molecule has 21 heavy (non-hydrogen) atoms. The van der Waals surface area contributed by atoms with Crippen LogP contribution in [0, 0.1) is 6.92 Å². The lowest BCUT2D eigenvalue weighted by Crippen LogP contribution is -2.38. The number of hydrogen-bond donors (Lipinski definition) is 0. The van der Waals surface area contributed by atoms with Gasteiger partial charge in [-0.25, -0.2) is 9.50 Å². The van der Waals surface area contributed by atoms with Gasteiger partial charge in [0, 0.05) is 25.2 Å². The van der Waals surface area contributed by atoms with E-state index in [4.69, 9.17) is 9.47 Å². The zero-order valence-corrected chi connectivity index (χ0v) is 13.1. The van der Waals surface area contributed by atoms with E-state index in [1.54, 1.807) is 16.9 Å². The Balaban J connectivity index is 0.000000774. The van der Waals surface area contributed by atoms with Crippen LogP contribution >= 0.6 is 0 Å². The number of rotatable bonds is 4. The lowest BCUT2D eigenvalue weighted by Gasteiger charge is -2.26. The van der Waals surface area contributed by atoms with Crippen LogP contribution < -0.4 is 4.74 Å². The number of ether oxygens (including phenoxy) is 2. The minimum atomic E-state index is 0.660. The molecule has 2 aromatic rings. The third kappa shape index (κ3) is 4.15. The molecule has 0 atom stereocenters. The monoisotopic (exact) mass is 292 g/mol. The van der Waals surface area contributed by atoms with Gasteiger partial charge in [-0.2, -0.15) is 5.10 Å². The van der Waals surface area contributed by atoms with Crippen molar-refractivity contribution in [3.63, 3.8) is 0 Å². The molecule has 0 bridgehead atoms. The van der Waals surface area contributed by atoms with E-state index in [-0.39, 0.29) is 0 Å². The third-order valence-electron chi connectivity index (χ3n) is 3.29. The molecule has 0 saturated carbocycles. The molecule has 1 aliphatic rings. The molecule has 0 radical (unpaired) electrons. The molecule has 0 amide bonds. The Morgan fingerprint density at radius 2 is 2.00 bits per heavy atom. The quantitative estimate of drug-likeness (QED) is 0.859. The van der Waals surface area contributed by atoms with Crippen molar-refractivity contribution in [1.82, 2.24) is 19.5 Å². The zero-order valence-electron chi connectivity index (χ0n) is 13.1. The molecule has 0 spiro atoms. The lowest BCUT2D eigenvalue weighted by molar-refractivity contribution is 0.0322. The van der Waals surface area contributed by atoms with Crippen LogP contribution in [0.25, 0.3) is 5.65 Å². The Labute approximate surface area is 125 Å². The van der Waals surface area contributed by atoms with E-state index >= 15 is 0 Å². The number of nitrogens with zero attached hydrogens (tertiary/aromatic N) is 4. The van der Waals surface area contributed by atoms with Crippen LogP contribution in [0.5, 0.6) is 5.75 Å². The van der Waals surface area contributed by atoms with Gasteiger partial charge in [0.1, 0.15) is 6.61 Å². The predicted octanol–water partition coefficient (Wildman–Crippen LogP) is 1.77. The van der Waals surface area contributed by atoms with Crippen molar-refractivity contribution in [2.24, 2.45) is 0 Å². The Morgan fingerprint density at radius 1 is 1.24 bits per heavy atom. The number of hydrogen-bond acceptors (Lipinski definition) is 5. The fraction of sp³-hybridized carbons (Fsp3) is 0.600. The van der Waals surface area contributed by atoms with Crippen molar-refractivity contribution < 1.29 is 9.47 Å². The average Bonchev–Trinajstić information content (AvgIpc) is 2.91. The number of aryl methyl sites for hydroxylation is 1.